The average molecular weight is 428 g/mol. The third-order valence-corrected chi connectivity index (χ3v) is 6.83. The van der Waals surface area contributed by atoms with E-state index in [-0.39, 0.29) is 16.7 Å². The Balaban J connectivity index is 1.53. The molecule has 1 fully saturated rings. The van der Waals surface area contributed by atoms with Crippen LogP contribution in [0.1, 0.15) is 34.3 Å². The number of sulfonamides is 1. The molecule has 1 aliphatic heterocycles. The first kappa shape index (κ1) is 21.7. The molecule has 2 amide bonds. The minimum Gasteiger partial charge on any atom is -0.355 e. The fraction of sp³-hybridized carbons (Fsp3) is 0.273. The highest BCUT2D eigenvalue weighted by Gasteiger charge is 2.26. The van der Waals surface area contributed by atoms with Crippen molar-refractivity contribution in [2.75, 3.05) is 20.1 Å². The lowest BCUT2D eigenvalue weighted by molar-refractivity contribution is -0.116. The Morgan fingerprint density at radius 2 is 1.63 bits per heavy atom. The molecule has 0 aliphatic carbocycles. The SMILES string of the molecule is CNC(=O)c1ccc(/C=C/C(=O)NCc2ccc(S(=O)(=O)N3CCCC3)cc2)cc1. The van der Waals surface area contributed by atoms with Gasteiger partial charge in [-0.05, 0) is 54.3 Å². The summed E-state index contributed by atoms with van der Waals surface area (Å²) in [6.45, 7) is 1.44. The van der Waals surface area contributed by atoms with Crippen LogP contribution >= 0.6 is 0 Å². The summed E-state index contributed by atoms with van der Waals surface area (Å²) in [5.41, 5.74) is 2.16. The summed E-state index contributed by atoms with van der Waals surface area (Å²) < 4.78 is 26.6. The van der Waals surface area contributed by atoms with Crippen LogP contribution in [0.4, 0.5) is 0 Å². The first-order chi connectivity index (χ1) is 14.4. The second-order valence-corrected chi connectivity index (χ2v) is 8.95. The molecule has 2 N–H and O–H groups in total. The molecule has 0 spiro atoms. The monoisotopic (exact) mass is 427 g/mol. The van der Waals surface area contributed by atoms with Gasteiger partial charge < -0.3 is 10.6 Å². The van der Waals surface area contributed by atoms with E-state index in [0.717, 1.165) is 24.0 Å². The number of carbonyl (C=O) groups is 2. The molecule has 0 saturated carbocycles. The van der Waals surface area contributed by atoms with Crippen LogP contribution in [-0.2, 0) is 21.4 Å². The van der Waals surface area contributed by atoms with Gasteiger partial charge >= 0.3 is 0 Å². The van der Waals surface area contributed by atoms with Crippen LogP contribution in [0.3, 0.4) is 0 Å². The second-order valence-electron chi connectivity index (χ2n) is 7.01. The number of benzene rings is 2. The van der Waals surface area contributed by atoms with E-state index in [1.165, 1.54) is 10.4 Å². The largest absolute Gasteiger partial charge is 0.355 e. The van der Waals surface area contributed by atoms with Crippen LogP contribution in [0.15, 0.2) is 59.5 Å². The maximum absolute atomic E-state index is 12.5. The molecule has 1 saturated heterocycles. The summed E-state index contributed by atoms with van der Waals surface area (Å²) in [7, 11) is -1.86. The van der Waals surface area contributed by atoms with Crippen LogP contribution in [-0.4, -0.2) is 44.7 Å². The van der Waals surface area contributed by atoms with Crippen molar-refractivity contribution in [1.29, 1.82) is 0 Å². The summed E-state index contributed by atoms with van der Waals surface area (Å²) in [6.07, 6.45) is 4.87. The Morgan fingerprint density at radius 3 is 2.23 bits per heavy atom. The fourth-order valence-corrected chi connectivity index (χ4v) is 4.68. The molecule has 0 radical (unpaired) electrons. The molecule has 30 heavy (non-hydrogen) atoms. The van der Waals surface area contributed by atoms with E-state index < -0.39 is 10.0 Å². The molecule has 2 aromatic rings. The Bertz CT molecular complexity index is 1020. The third-order valence-electron chi connectivity index (χ3n) is 4.92. The van der Waals surface area contributed by atoms with E-state index in [2.05, 4.69) is 10.6 Å². The van der Waals surface area contributed by atoms with Gasteiger partial charge in [-0.2, -0.15) is 4.31 Å². The van der Waals surface area contributed by atoms with Gasteiger partial charge in [-0.25, -0.2) is 8.42 Å². The number of nitrogens with one attached hydrogen (secondary N) is 2. The molecule has 1 heterocycles. The molecule has 0 atom stereocenters. The smallest absolute Gasteiger partial charge is 0.251 e. The first-order valence-corrected chi connectivity index (χ1v) is 11.2. The zero-order valence-electron chi connectivity index (χ0n) is 16.8. The Hall–Kier alpha value is -2.97. The number of hydrogen-bond acceptors (Lipinski definition) is 4. The van der Waals surface area contributed by atoms with Crippen LogP contribution in [0.2, 0.25) is 0 Å². The molecule has 0 unspecified atom stereocenters. The van der Waals surface area contributed by atoms with Crippen LogP contribution in [0.5, 0.6) is 0 Å². The Morgan fingerprint density at radius 1 is 1.00 bits per heavy atom. The molecule has 158 valence electrons. The molecule has 0 aromatic heterocycles. The zero-order chi connectivity index (χ0) is 21.6. The minimum absolute atomic E-state index is 0.164. The van der Waals surface area contributed by atoms with Crippen molar-refractivity contribution in [2.45, 2.75) is 24.3 Å². The van der Waals surface area contributed by atoms with E-state index in [1.54, 1.807) is 61.7 Å². The van der Waals surface area contributed by atoms with Gasteiger partial charge in [-0.3, -0.25) is 9.59 Å². The lowest BCUT2D eigenvalue weighted by Crippen LogP contribution is -2.27. The van der Waals surface area contributed by atoms with Gasteiger partial charge in [0.15, 0.2) is 0 Å². The highest BCUT2D eigenvalue weighted by Crippen LogP contribution is 2.21. The van der Waals surface area contributed by atoms with Gasteiger partial charge in [-0.1, -0.05) is 24.3 Å². The molecule has 7 nitrogen and oxygen atoms in total. The van der Waals surface area contributed by atoms with E-state index in [1.807, 2.05) is 0 Å². The van der Waals surface area contributed by atoms with Crippen LogP contribution < -0.4 is 10.6 Å². The maximum atomic E-state index is 12.5. The molecular weight excluding hydrogens is 402 g/mol. The first-order valence-electron chi connectivity index (χ1n) is 9.77. The summed E-state index contributed by atoms with van der Waals surface area (Å²) in [5.74, 6) is -0.429. The molecule has 2 aromatic carbocycles. The van der Waals surface area contributed by atoms with Crippen molar-refractivity contribution in [3.05, 3.63) is 71.3 Å². The molecule has 3 rings (SSSR count). The second kappa shape index (κ2) is 9.69. The molecule has 8 heteroatoms. The van der Waals surface area contributed by atoms with Gasteiger partial charge in [0, 0.05) is 38.3 Å². The quantitative estimate of drug-likeness (QED) is 0.662. The average Bonchev–Trinajstić information content (AvgIpc) is 3.32. The minimum atomic E-state index is -3.43. The van der Waals surface area contributed by atoms with E-state index >= 15 is 0 Å². The van der Waals surface area contributed by atoms with Crippen LogP contribution in [0.25, 0.3) is 6.08 Å². The normalized spacial score (nSPS) is 14.7. The molecule has 0 bridgehead atoms. The zero-order valence-corrected chi connectivity index (χ0v) is 17.6. The third kappa shape index (κ3) is 5.34. The van der Waals surface area contributed by atoms with Gasteiger partial charge in [0.2, 0.25) is 15.9 Å². The number of amides is 2. The van der Waals surface area contributed by atoms with Crippen molar-refractivity contribution in [3.8, 4) is 0 Å². The van der Waals surface area contributed by atoms with Crippen molar-refractivity contribution in [3.63, 3.8) is 0 Å². The van der Waals surface area contributed by atoms with Gasteiger partial charge in [0.25, 0.3) is 5.91 Å². The number of hydrogen-bond donors (Lipinski definition) is 2. The highest BCUT2D eigenvalue weighted by atomic mass is 32.2. The predicted octanol–water partition coefficient (Wildman–Crippen LogP) is 2.16. The van der Waals surface area contributed by atoms with Crippen LogP contribution in [0, 0.1) is 0 Å². The summed E-state index contributed by atoms with van der Waals surface area (Å²) in [6, 6.07) is 13.5. The topological polar surface area (TPSA) is 95.6 Å². The lowest BCUT2D eigenvalue weighted by Gasteiger charge is -2.15. The molecule has 1 aliphatic rings. The van der Waals surface area contributed by atoms with Gasteiger partial charge in [-0.15, -0.1) is 0 Å². The summed E-state index contributed by atoms with van der Waals surface area (Å²) in [4.78, 5) is 23.8. The van der Waals surface area contributed by atoms with E-state index in [9.17, 15) is 18.0 Å². The van der Waals surface area contributed by atoms with E-state index in [4.69, 9.17) is 0 Å². The fourth-order valence-electron chi connectivity index (χ4n) is 3.17. The van der Waals surface area contributed by atoms with Gasteiger partial charge in [0.05, 0.1) is 4.90 Å². The highest BCUT2D eigenvalue weighted by molar-refractivity contribution is 7.89. The van der Waals surface area contributed by atoms with Crippen molar-refractivity contribution in [2.24, 2.45) is 0 Å². The Kier molecular flexibility index (Phi) is 7.02. The number of carbonyl (C=O) groups excluding carboxylic acids is 2. The lowest BCUT2D eigenvalue weighted by atomic mass is 10.1. The summed E-state index contributed by atoms with van der Waals surface area (Å²) >= 11 is 0. The van der Waals surface area contributed by atoms with Gasteiger partial charge in [0.1, 0.15) is 0 Å². The van der Waals surface area contributed by atoms with Crippen molar-refractivity contribution in [1.82, 2.24) is 14.9 Å². The number of nitrogens with zero attached hydrogens (tertiary/aromatic N) is 1. The van der Waals surface area contributed by atoms with Crippen molar-refractivity contribution < 1.29 is 18.0 Å². The number of rotatable bonds is 7. The standard InChI is InChI=1S/C22H25N3O4S/c1-23-22(27)19-9-4-17(5-10-19)8-13-21(26)24-16-18-6-11-20(12-7-18)30(28,29)25-14-2-3-15-25/h4-13H,2-3,14-16H2,1H3,(H,23,27)(H,24,26)/b13-8+. The molecular formula is C22H25N3O4S. The predicted molar refractivity (Wildman–Crippen MR) is 115 cm³/mol. The maximum Gasteiger partial charge on any atom is 0.251 e. The Labute approximate surface area is 176 Å². The van der Waals surface area contributed by atoms with E-state index in [0.29, 0.717) is 25.2 Å². The van der Waals surface area contributed by atoms with Crippen molar-refractivity contribution >= 4 is 27.9 Å². The summed E-state index contributed by atoms with van der Waals surface area (Å²) in [5, 5.41) is 5.32.